The Kier molecular flexibility index (Phi) is 4.05. The van der Waals surface area contributed by atoms with E-state index in [2.05, 4.69) is 28.0 Å². The Bertz CT molecular complexity index is 663. The zero-order valence-electron chi connectivity index (χ0n) is 15.6. The average molecular weight is 343 g/mol. The molecule has 0 radical (unpaired) electrons. The lowest BCUT2D eigenvalue weighted by Gasteiger charge is -2.46. The number of anilines is 2. The van der Waals surface area contributed by atoms with Crippen molar-refractivity contribution in [2.24, 2.45) is 0 Å². The van der Waals surface area contributed by atoms with Gasteiger partial charge in [0.1, 0.15) is 5.60 Å². The minimum atomic E-state index is -0.456. The molecular formula is C20H29N3O2. The molecule has 4 rings (SSSR count). The Morgan fingerprint density at radius 2 is 1.88 bits per heavy atom. The first-order valence-corrected chi connectivity index (χ1v) is 9.54. The van der Waals surface area contributed by atoms with Crippen LogP contribution in [0.25, 0.3) is 0 Å². The number of carbonyl (C=O) groups is 1. The van der Waals surface area contributed by atoms with Crippen LogP contribution in [-0.2, 0) is 11.3 Å². The molecular weight excluding hydrogens is 314 g/mol. The average Bonchev–Trinajstić information content (AvgIpc) is 2.67. The fourth-order valence-corrected chi connectivity index (χ4v) is 4.07. The maximum atomic E-state index is 12.6. The summed E-state index contributed by atoms with van der Waals surface area (Å²) in [6, 6.07) is 7.27. The molecule has 2 heterocycles. The molecule has 136 valence electrons. The Balaban J connectivity index is 1.62. The van der Waals surface area contributed by atoms with Crippen molar-refractivity contribution in [2.75, 3.05) is 36.0 Å². The molecule has 25 heavy (non-hydrogen) atoms. The second kappa shape index (κ2) is 6.11. The fraction of sp³-hybridized carbons (Fsp3) is 0.650. The third-order valence-corrected chi connectivity index (χ3v) is 5.50. The molecule has 0 atom stereocenters. The van der Waals surface area contributed by atoms with Gasteiger partial charge in [0.25, 0.3) is 0 Å². The molecule has 1 saturated carbocycles. The van der Waals surface area contributed by atoms with Gasteiger partial charge in [-0.25, -0.2) is 4.79 Å². The topological polar surface area (TPSA) is 36.0 Å². The molecule has 2 aliphatic heterocycles. The smallest absolute Gasteiger partial charge is 0.410 e. The second-order valence-corrected chi connectivity index (χ2v) is 8.45. The zero-order valence-corrected chi connectivity index (χ0v) is 15.6. The molecule has 1 aromatic rings. The molecule has 1 fully saturated rings. The highest BCUT2D eigenvalue weighted by molar-refractivity contribution is 5.79. The number of rotatable bonds is 1. The van der Waals surface area contributed by atoms with E-state index in [9.17, 15) is 4.79 Å². The van der Waals surface area contributed by atoms with E-state index in [1.165, 1.54) is 36.2 Å². The van der Waals surface area contributed by atoms with E-state index in [0.717, 1.165) is 19.6 Å². The molecule has 0 saturated heterocycles. The molecule has 5 heteroatoms. The molecule has 0 unspecified atom stereocenters. The van der Waals surface area contributed by atoms with Gasteiger partial charge >= 0.3 is 6.09 Å². The lowest BCUT2D eigenvalue weighted by Crippen LogP contribution is -2.49. The summed E-state index contributed by atoms with van der Waals surface area (Å²) in [5.74, 6) is 0. The van der Waals surface area contributed by atoms with Gasteiger partial charge in [0.15, 0.2) is 0 Å². The number of hydrogen-bond donors (Lipinski definition) is 0. The quantitative estimate of drug-likeness (QED) is 0.780. The molecule has 1 aromatic carbocycles. The first-order chi connectivity index (χ1) is 11.9. The van der Waals surface area contributed by atoms with Gasteiger partial charge in [-0.3, -0.25) is 0 Å². The van der Waals surface area contributed by atoms with Crippen molar-refractivity contribution < 1.29 is 9.53 Å². The highest BCUT2D eigenvalue weighted by Gasteiger charge is 2.35. The van der Waals surface area contributed by atoms with E-state index in [1.807, 2.05) is 25.7 Å². The summed E-state index contributed by atoms with van der Waals surface area (Å²) in [7, 11) is 0. The van der Waals surface area contributed by atoms with Crippen LogP contribution in [0, 0.1) is 0 Å². The third kappa shape index (κ3) is 3.16. The number of hydrogen-bond acceptors (Lipinski definition) is 4. The molecule has 5 nitrogen and oxygen atoms in total. The maximum absolute atomic E-state index is 12.6. The van der Waals surface area contributed by atoms with Crippen molar-refractivity contribution in [1.82, 2.24) is 4.90 Å². The number of benzene rings is 1. The van der Waals surface area contributed by atoms with Gasteiger partial charge < -0.3 is 19.4 Å². The number of ether oxygens (including phenoxy) is 1. The van der Waals surface area contributed by atoms with Gasteiger partial charge in [0, 0.05) is 32.2 Å². The summed E-state index contributed by atoms with van der Waals surface area (Å²) in [4.78, 5) is 19.5. The van der Waals surface area contributed by atoms with Gasteiger partial charge in [0.2, 0.25) is 0 Å². The highest BCUT2D eigenvalue weighted by atomic mass is 16.6. The van der Waals surface area contributed by atoms with Crippen molar-refractivity contribution in [3.05, 3.63) is 23.8 Å². The standard InChI is InChI=1S/C20H29N3O2/c1-20(2,3)25-19(24)22-11-10-21-12-13-23(16-7-5-8-16)17-9-4-6-15(14-22)18(17)21/h4,6,9,16H,5,7-8,10-14H2,1-3H3. The van der Waals surface area contributed by atoms with Gasteiger partial charge in [0.05, 0.1) is 17.9 Å². The van der Waals surface area contributed by atoms with Crippen LogP contribution in [0.2, 0.25) is 0 Å². The first-order valence-electron chi connectivity index (χ1n) is 9.54. The van der Waals surface area contributed by atoms with Crippen molar-refractivity contribution in [1.29, 1.82) is 0 Å². The van der Waals surface area contributed by atoms with Crippen molar-refractivity contribution in [3.63, 3.8) is 0 Å². The summed E-state index contributed by atoms with van der Waals surface area (Å²) in [5, 5.41) is 0. The number of nitrogens with zero attached hydrogens (tertiary/aromatic N) is 3. The van der Waals surface area contributed by atoms with Crippen LogP contribution in [0.1, 0.15) is 45.6 Å². The second-order valence-electron chi connectivity index (χ2n) is 8.45. The van der Waals surface area contributed by atoms with Gasteiger partial charge in [-0.2, -0.15) is 0 Å². The van der Waals surface area contributed by atoms with Crippen LogP contribution >= 0.6 is 0 Å². The van der Waals surface area contributed by atoms with E-state index in [0.29, 0.717) is 19.1 Å². The normalized spacial score (nSPS) is 20.7. The van der Waals surface area contributed by atoms with Crippen molar-refractivity contribution >= 4 is 17.5 Å². The van der Waals surface area contributed by atoms with Gasteiger partial charge in [-0.15, -0.1) is 0 Å². The molecule has 3 aliphatic rings. The van der Waals surface area contributed by atoms with E-state index >= 15 is 0 Å². The van der Waals surface area contributed by atoms with Crippen molar-refractivity contribution in [3.8, 4) is 0 Å². The van der Waals surface area contributed by atoms with Gasteiger partial charge in [-0.05, 0) is 51.7 Å². The zero-order chi connectivity index (χ0) is 17.6. The van der Waals surface area contributed by atoms with Crippen molar-refractivity contribution in [2.45, 2.75) is 58.2 Å². The Hall–Kier alpha value is -1.91. The number of carbonyl (C=O) groups excluding carboxylic acids is 1. The highest BCUT2D eigenvalue weighted by Crippen LogP contribution is 2.41. The Labute approximate surface area is 150 Å². The van der Waals surface area contributed by atoms with Gasteiger partial charge in [-0.1, -0.05) is 12.1 Å². The molecule has 0 spiro atoms. The summed E-state index contributed by atoms with van der Waals surface area (Å²) in [6.07, 6.45) is 3.77. The van der Waals surface area contributed by atoms with E-state index in [1.54, 1.807) is 0 Å². The monoisotopic (exact) mass is 343 g/mol. The molecule has 0 N–H and O–H groups in total. The largest absolute Gasteiger partial charge is 0.444 e. The first kappa shape index (κ1) is 16.6. The number of para-hydroxylation sites is 1. The SMILES string of the molecule is CC(C)(C)OC(=O)N1CCN2CCN(C3CCC3)c3cccc(c32)C1. The Morgan fingerprint density at radius 1 is 1.12 bits per heavy atom. The van der Waals surface area contributed by atoms with Crippen LogP contribution in [0.3, 0.4) is 0 Å². The lowest BCUT2D eigenvalue weighted by atomic mass is 9.90. The predicted octanol–water partition coefficient (Wildman–Crippen LogP) is 3.62. The summed E-state index contributed by atoms with van der Waals surface area (Å²) >= 11 is 0. The maximum Gasteiger partial charge on any atom is 0.410 e. The predicted molar refractivity (Wildman–Crippen MR) is 100 cm³/mol. The molecule has 1 aliphatic carbocycles. The minimum Gasteiger partial charge on any atom is -0.444 e. The summed E-state index contributed by atoms with van der Waals surface area (Å²) in [5.41, 5.74) is 3.49. The van der Waals surface area contributed by atoms with Crippen LogP contribution in [-0.4, -0.2) is 48.8 Å². The van der Waals surface area contributed by atoms with E-state index < -0.39 is 5.60 Å². The fourth-order valence-electron chi connectivity index (χ4n) is 4.07. The Morgan fingerprint density at radius 3 is 2.56 bits per heavy atom. The van der Waals surface area contributed by atoms with Crippen LogP contribution in [0.4, 0.5) is 16.2 Å². The van der Waals surface area contributed by atoms with E-state index in [4.69, 9.17) is 4.74 Å². The van der Waals surface area contributed by atoms with Crippen LogP contribution in [0.5, 0.6) is 0 Å². The van der Waals surface area contributed by atoms with Crippen LogP contribution < -0.4 is 9.80 Å². The molecule has 0 bridgehead atoms. The molecule has 1 amide bonds. The molecule has 0 aromatic heterocycles. The lowest BCUT2D eigenvalue weighted by molar-refractivity contribution is 0.0243. The number of amides is 1. The third-order valence-electron chi connectivity index (χ3n) is 5.50. The van der Waals surface area contributed by atoms with E-state index in [-0.39, 0.29) is 6.09 Å². The minimum absolute atomic E-state index is 0.208. The summed E-state index contributed by atoms with van der Waals surface area (Å²) < 4.78 is 5.61. The summed E-state index contributed by atoms with van der Waals surface area (Å²) in [6.45, 7) is 10.1. The van der Waals surface area contributed by atoms with Crippen LogP contribution in [0.15, 0.2) is 18.2 Å².